The summed E-state index contributed by atoms with van der Waals surface area (Å²) in [7, 11) is 1.39. The van der Waals surface area contributed by atoms with Gasteiger partial charge in [0.1, 0.15) is 10.8 Å². The maximum atomic E-state index is 13.8. The highest BCUT2D eigenvalue weighted by Gasteiger charge is 2.46. The molecule has 2 heterocycles. The number of fused-ring (bicyclic) bond motifs is 1. The number of anilines is 1. The molecule has 1 atom stereocenters. The second-order valence-corrected chi connectivity index (χ2v) is 12.8. The molecule has 3 aliphatic rings. The van der Waals surface area contributed by atoms with Gasteiger partial charge >= 0.3 is 5.97 Å². The first kappa shape index (κ1) is 25.7. The van der Waals surface area contributed by atoms with Crippen LogP contribution in [0.3, 0.4) is 0 Å². The van der Waals surface area contributed by atoms with Crippen LogP contribution in [0.25, 0.3) is 0 Å². The first-order chi connectivity index (χ1) is 17.7. The van der Waals surface area contributed by atoms with Crippen LogP contribution >= 0.6 is 27.3 Å². The molecule has 0 bridgehead atoms. The summed E-state index contributed by atoms with van der Waals surface area (Å²) < 4.78 is 6.17. The van der Waals surface area contributed by atoms with Gasteiger partial charge in [0.05, 0.1) is 30.2 Å². The van der Waals surface area contributed by atoms with Crippen molar-refractivity contribution in [3.05, 3.63) is 73.0 Å². The molecule has 2 N–H and O–H groups in total. The standard InChI is InChI=1S/C29H30BrN3O3S/c1-29(2)13-20-25(21(34)14-29)23(16-9-11-17(30)12-10-16)19(15-31)26(32)33(20)27-24(28(35)36-3)18-7-5-4-6-8-22(18)37-27/h9-12,23H,4-8,13-14,32H2,1-3H3/t23-/m0/s1. The van der Waals surface area contributed by atoms with Crippen LogP contribution in [-0.4, -0.2) is 18.9 Å². The summed E-state index contributed by atoms with van der Waals surface area (Å²) >= 11 is 5.03. The van der Waals surface area contributed by atoms with Crippen molar-refractivity contribution in [3.8, 4) is 6.07 Å². The quantitative estimate of drug-likeness (QED) is 0.329. The van der Waals surface area contributed by atoms with Crippen molar-refractivity contribution in [2.45, 2.75) is 64.7 Å². The van der Waals surface area contributed by atoms with Gasteiger partial charge in [-0.05, 0) is 60.8 Å². The Bertz CT molecular complexity index is 1390. The first-order valence-corrected chi connectivity index (χ1v) is 14.2. The Hall–Kier alpha value is -2.89. The summed E-state index contributed by atoms with van der Waals surface area (Å²) in [6.07, 6.45) is 5.87. The highest BCUT2D eigenvalue weighted by atomic mass is 79.9. The number of hydrogen-bond acceptors (Lipinski definition) is 7. The lowest BCUT2D eigenvalue weighted by atomic mass is 9.68. The van der Waals surface area contributed by atoms with Crippen LogP contribution < -0.4 is 10.6 Å². The van der Waals surface area contributed by atoms with Gasteiger partial charge < -0.3 is 10.5 Å². The molecule has 1 aliphatic heterocycles. The SMILES string of the molecule is COC(=O)c1c(N2C(N)=C(C#N)[C@H](c3ccc(Br)cc3)C3=C2CC(C)(C)CC3=O)sc2c1CCCCC2. The summed E-state index contributed by atoms with van der Waals surface area (Å²) in [5, 5.41) is 11.0. The molecule has 8 heteroatoms. The van der Waals surface area contributed by atoms with E-state index in [1.165, 1.54) is 7.11 Å². The molecule has 192 valence electrons. The zero-order valence-corrected chi connectivity index (χ0v) is 23.7. The minimum atomic E-state index is -0.549. The second-order valence-electron chi connectivity index (χ2n) is 10.8. The van der Waals surface area contributed by atoms with E-state index >= 15 is 0 Å². The van der Waals surface area contributed by atoms with Crippen LogP contribution in [-0.2, 0) is 22.4 Å². The van der Waals surface area contributed by atoms with Gasteiger partial charge in [-0.3, -0.25) is 9.69 Å². The number of aryl methyl sites for hydroxylation is 1. The van der Waals surface area contributed by atoms with Crippen molar-refractivity contribution in [2.75, 3.05) is 12.0 Å². The van der Waals surface area contributed by atoms with E-state index in [9.17, 15) is 14.9 Å². The predicted molar refractivity (Wildman–Crippen MR) is 148 cm³/mol. The smallest absolute Gasteiger partial charge is 0.341 e. The average molecular weight is 581 g/mol. The van der Waals surface area contributed by atoms with Gasteiger partial charge in [-0.15, -0.1) is 11.3 Å². The molecule has 0 radical (unpaired) electrons. The van der Waals surface area contributed by atoms with Gasteiger partial charge in [0.2, 0.25) is 0 Å². The van der Waals surface area contributed by atoms with Crippen molar-refractivity contribution >= 4 is 44.0 Å². The first-order valence-electron chi connectivity index (χ1n) is 12.6. The zero-order valence-electron chi connectivity index (χ0n) is 21.3. The third-order valence-corrected chi connectivity index (χ3v) is 9.39. The van der Waals surface area contributed by atoms with E-state index in [1.54, 1.807) is 11.3 Å². The number of benzene rings is 1. The second kappa shape index (κ2) is 9.77. The van der Waals surface area contributed by atoms with Crippen LogP contribution in [0, 0.1) is 16.7 Å². The largest absolute Gasteiger partial charge is 0.465 e. The van der Waals surface area contributed by atoms with Gasteiger partial charge in [-0.25, -0.2) is 4.79 Å². The molecule has 0 unspecified atom stereocenters. The van der Waals surface area contributed by atoms with Crippen molar-refractivity contribution in [2.24, 2.45) is 11.1 Å². The number of methoxy groups -OCH3 is 1. The minimum absolute atomic E-state index is 0.0159. The third-order valence-electron chi connectivity index (χ3n) is 7.58. The molecule has 6 nitrogen and oxygen atoms in total. The van der Waals surface area contributed by atoms with Crippen LogP contribution in [0.1, 0.15) is 78.2 Å². The summed E-state index contributed by atoms with van der Waals surface area (Å²) in [5.41, 5.74) is 10.7. The predicted octanol–water partition coefficient (Wildman–Crippen LogP) is 6.51. The van der Waals surface area contributed by atoms with Crippen LogP contribution in [0.4, 0.5) is 5.00 Å². The molecule has 0 amide bonds. The topological polar surface area (TPSA) is 96.4 Å². The number of nitrogens with zero attached hydrogens (tertiary/aromatic N) is 2. The molecule has 1 aromatic heterocycles. The number of allylic oxidation sites excluding steroid dienone is 3. The Kier molecular flexibility index (Phi) is 6.80. The van der Waals surface area contributed by atoms with Gasteiger partial charge in [0.25, 0.3) is 0 Å². The van der Waals surface area contributed by atoms with E-state index in [4.69, 9.17) is 10.5 Å². The highest BCUT2D eigenvalue weighted by molar-refractivity contribution is 9.10. The fourth-order valence-corrected chi connectivity index (χ4v) is 7.61. The number of esters is 1. The molecule has 1 aromatic carbocycles. The van der Waals surface area contributed by atoms with E-state index < -0.39 is 11.9 Å². The molecule has 5 rings (SSSR count). The normalized spacial score (nSPS) is 21.2. The minimum Gasteiger partial charge on any atom is -0.465 e. The van der Waals surface area contributed by atoms with Gasteiger partial charge in [0, 0.05) is 27.0 Å². The molecule has 37 heavy (non-hydrogen) atoms. The van der Waals surface area contributed by atoms with Crippen LogP contribution in [0.2, 0.25) is 0 Å². The number of Topliss-reactive ketones (excluding diaryl/α,β-unsaturated/α-hetero) is 1. The number of halogens is 1. The molecule has 2 aromatic rings. The molecule has 0 spiro atoms. The molecule has 2 aliphatic carbocycles. The Morgan fingerprint density at radius 2 is 1.89 bits per heavy atom. The number of rotatable bonds is 3. The number of ketones is 1. The summed E-state index contributed by atoms with van der Waals surface area (Å²) in [6.45, 7) is 4.15. The third kappa shape index (κ3) is 4.42. The van der Waals surface area contributed by atoms with E-state index in [2.05, 4.69) is 35.8 Å². The fourth-order valence-electron chi connectivity index (χ4n) is 5.93. The Labute approximate surface area is 229 Å². The molecule has 0 saturated heterocycles. The fraction of sp³-hybridized carbons (Fsp3) is 0.414. The Balaban J connectivity index is 1.80. The number of hydrogen-bond donors (Lipinski definition) is 1. The van der Waals surface area contributed by atoms with Crippen molar-refractivity contribution < 1.29 is 14.3 Å². The lowest BCUT2D eigenvalue weighted by Gasteiger charge is -2.43. The van der Waals surface area contributed by atoms with E-state index in [1.807, 2.05) is 29.2 Å². The summed E-state index contributed by atoms with van der Waals surface area (Å²) in [5.74, 6) is -0.657. The summed E-state index contributed by atoms with van der Waals surface area (Å²) in [4.78, 5) is 30.0. The van der Waals surface area contributed by atoms with Crippen molar-refractivity contribution in [1.29, 1.82) is 5.26 Å². The van der Waals surface area contributed by atoms with Crippen LogP contribution in [0.5, 0.6) is 0 Å². The Morgan fingerprint density at radius 1 is 1.19 bits per heavy atom. The number of carbonyl (C=O) groups is 2. The zero-order chi connectivity index (χ0) is 26.5. The maximum absolute atomic E-state index is 13.8. The van der Waals surface area contributed by atoms with Crippen molar-refractivity contribution in [1.82, 2.24) is 0 Å². The van der Waals surface area contributed by atoms with Crippen LogP contribution in [0.15, 0.2) is 51.4 Å². The maximum Gasteiger partial charge on any atom is 0.341 e. The van der Waals surface area contributed by atoms with Gasteiger partial charge in [0.15, 0.2) is 5.78 Å². The van der Waals surface area contributed by atoms with Gasteiger partial charge in [-0.1, -0.05) is 48.3 Å². The monoisotopic (exact) mass is 579 g/mol. The van der Waals surface area contributed by atoms with E-state index in [0.29, 0.717) is 34.6 Å². The molecular formula is C29H30BrN3O3S. The van der Waals surface area contributed by atoms with Gasteiger partial charge in [-0.2, -0.15) is 5.26 Å². The molecular weight excluding hydrogens is 550 g/mol. The van der Waals surface area contributed by atoms with E-state index in [0.717, 1.165) is 58.3 Å². The number of nitrogens with two attached hydrogens (primary N) is 1. The Morgan fingerprint density at radius 3 is 2.57 bits per heavy atom. The lowest BCUT2D eigenvalue weighted by molar-refractivity contribution is -0.118. The van der Waals surface area contributed by atoms with Crippen molar-refractivity contribution in [3.63, 3.8) is 0 Å². The lowest BCUT2D eigenvalue weighted by Crippen LogP contribution is -2.42. The number of ether oxygens (including phenoxy) is 1. The highest BCUT2D eigenvalue weighted by Crippen LogP contribution is 2.53. The average Bonchev–Trinajstić information content (AvgIpc) is 3.04. The summed E-state index contributed by atoms with van der Waals surface area (Å²) in [6, 6.07) is 10.0. The molecule has 0 fully saturated rings. The number of nitriles is 1. The van der Waals surface area contributed by atoms with E-state index in [-0.39, 0.29) is 17.0 Å². The number of carbonyl (C=O) groups excluding carboxylic acids is 2. The molecule has 0 saturated carbocycles. The number of thiophene rings is 1.